The maximum absolute atomic E-state index is 5.34. The summed E-state index contributed by atoms with van der Waals surface area (Å²) < 4.78 is 12.4. The highest BCUT2D eigenvalue weighted by Crippen LogP contribution is 2.33. The minimum atomic E-state index is -0.137. The second-order valence-corrected chi connectivity index (χ2v) is 5.61. The molecule has 4 rings (SSSR count). The van der Waals surface area contributed by atoms with Crippen LogP contribution >= 0.6 is 0 Å². The van der Waals surface area contributed by atoms with Crippen molar-refractivity contribution in [3.63, 3.8) is 0 Å². The fourth-order valence-electron chi connectivity index (χ4n) is 2.88. The Morgan fingerprint density at radius 2 is 1.76 bits per heavy atom. The van der Waals surface area contributed by atoms with Gasteiger partial charge in [0.2, 0.25) is 5.95 Å². The Hall–Kier alpha value is -3.35. The highest BCUT2D eigenvalue weighted by molar-refractivity contribution is 5.77. The zero-order valence-electron chi connectivity index (χ0n) is 13.9. The molecule has 0 fully saturated rings. The van der Waals surface area contributed by atoms with Crippen LogP contribution in [0.15, 0.2) is 54.6 Å². The van der Waals surface area contributed by atoms with Crippen LogP contribution in [0.3, 0.4) is 0 Å². The van der Waals surface area contributed by atoms with E-state index >= 15 is 0 Å². The summed E-state index contributed by atoms with van der Waals surface area (Å²) in [5, 5.41) is 15.3. The molecule has 0 bridgehead atoms. The number of hydrogen-bond donors (Lipinski definition) is 1. The summed E-state index contributed by atoms with van der Waals surface area (Å²) in [6.45, 7) is 0. The molecule has 0 saturated heterocycles. The molecule has 0 saturated carbocycles. The van der Waals surface area contributed by atoms with Gasteiger partial charge in [-0.2, -0.15) is 4.68 Å². The summed E-state index contributed by atoms with van der Waals surface area (Å²) in [7, 11) is 3.31. The standard InChI is InChI=1S/C18H17N5O2/c1-24-14-7-3-5-12(9-14)16-11-17(23-18(19-16)20-21-22-23)13-6-4-8-15(10-13)25-2/h3-11,17H,1-2H3,(H,19,20,22). The first-order valence-electron chi connectivity index (χ1n) is 7.83. The number of hydrogen-bond acceptors (Lipinski definition) is 6. The Morgan fingerprint density at radius 1 is 1.00 bits per heavy atom. The van der Waals surface area contributed by atoms with Gasteiger partial charge >= 0.3 is 0 Å². The number of methoxy groups -OCH3 is 2. The lowest BCUT2D eigenvalue weighted by molar-refractivity contribution is 0.413. The van der Waals surface area contributed by atoms with Crippen molar-refractivity contribution >= 4 is 11.6 Å². The van der Waals surface area contributed by atoms with Crippen LogP contribution < -0.4 is 14.8 Å². The van der Waals surface area contributed by atoms with Crippen LogP contribution in [0.2, 0.25) is 0 Å². The van der Waals surface area contributed by atoms with E-state index in [0.717, 1.165) is 28.3 Å². The van der Waals surface area contributed by atoms with Gasteiger partial charge in [0.25, 0.3) is 0 Å². The topological polar surface area (TPSA) is 74.1 Å². The van der Waals surface area contributed by atoms with Gasteiger partial charge < -0.3 is 14.8 Å². The molecule has 25 heavy (non-hydrogen) atoms. The lowest BCUT2D eigenvalue weighted by Crippen LogP contribution is -2.20. The van der Waals surface area contributed by atoms with Crippen LogP contribution in [-0.2, 0) is 0 Å². The molecule has 1 aliphatic heterocycles. The van der Waals surface area contributed by atoms with Crippen LogP contribution in [0.4, 0.5) is 5.95 Å². The number of anilines is 1. The smallest absolute Gasteiger partial charge is 0.248 e. The van der Waals surface area contributed by atoms with Crippen LogP contribution in [0.25, 0.3) is 5.70 Å². The highest BCUT2D eigenvalue weighted by atomic mass is 16.5. The molecule has 0 aliphatic carbocycles. The number of nitrogens with one attached hydrogen (secondary N) is 1. The monoisotopic (exact) mass is 335 g/mol. The number of tetrazole rings is 1. The van der Waals surface area contributed by atoms with Crippen molar-refractivity contribution in [2.24, 2.45) is 0 Å². The number of allylic oxidation sites excluding steroid dienone is 1. The second kappa shape index (κ2) is 6.27. The summed E-state index contributed by atoms with van der Waals surface area (Å²) in [4.78, 5) is 0. The van der Waals surface area contributed by atoms with E-state index in [2.05, 4.69) is 26.9 Å². The third-order valence-electron chi connectivity index (χ3n) is 4.14. The normalized spacial score (nSPS) is 15.8. The van der Waals surface area contributed by atoms with Crippen molar-refractivity contribution in [2.75, 3.05) is 19.5 Å². The van der Waals surface area contributed by atoms with Crippen LogP contribution in [-0.4, -0.2) is 34.4 Å². The number of rotatable bonds is 4. The van der Waals surface area contributed by atoms with Gasteiger partial charge in [-0.15, -0.1) is 0 Å². The van der Waals surface area contributed by atoms with Crippen molar-refractivity contribution in [1.29, 1.82) is 0 Å². The zero-order valence-corrected chi connectivity index (χ0v) is 13.9. The Kier molecular flexibility index (Phi) is 3.81. The molecule has 1 N–H and O–H groups in total. The molecule has 1 atom stereocenters. The van der Waals surface area contributed by atoms with Gasteiger partial charge in [0.05, 0.1) is 14.2 Å². The van der Waals surface area contributed by atoms with E-state index in [1.54, 1.807) is 18.9 Å². The van der Waals surface area contributed by atoms with Gasteiger partial charge in [0, 0.05) is 11.3 Å². The van der Waals surface area contributed by atoms with Gasteiger partial charge in [-0.1, -0.05) is 29.4 Å². The summed E-state index contributed by atoms with van der Waals surface area (Å²) in [6.07, 6.45) is 2.09. The first-order valence-corrected chi connectivity index (χ1v) is 7.83. The average molecular weight is 335 g/mol. The zero-order chi connectivity index (χ0) is 17.2. The number of nitrogens with zero attached hydrogens (tertiary/aromatic N) is 4. The SMILES string of the molecule is COc1cccc(C2=CC(c3cccc(OC)c3)n3nnnc3N2)c1. The fourth-order valence-corrected chi connectivity index (χ4v) is 2.88. The number of ether oxygens (including phenoxy) is 2. The van der Waals surface area contributed by atoms with Crippen LogP contribution in [0.1, 0.15) is 17.2 Å². The number of benzene rings is 2. The number of fused-ring (bicyclic) bond motifs is 1. The minimum Gasteiger partial charge on any atom is -0.497 e. The summed E-state index contributed by atoms with van der Waals surface area (Å²) >= 11 is 0. The predicted molar refractivity (Wildman–Crippen MR) is 93.5 cm³/mol. The molecule has 3 aromatic rings. The minimum absolute atomic E-state index is 0.137. The summed E-state index contributed by atoms with van der Waals surface area (Å²) in [6, 6.07) is 15.6. The molecule has 1 aliphatic rings. The van der Waals surface area contributed by atoms with E-state index < -0.39 is 0 Å². The fraction of sp³-hybridized carbons (Fsp3) is 0.167. The Bertz CT molecular complexity index is 934. The van der Waals surface area contributed by atoms with E-state index in [1.165, 1.54) is 0 Å². The molecule has 7 heteroatoms. The maximum Gasteiger partial charge on any atom is 0.248 e. The lowest BCUT2D eigenvalue weighted by atomic mass is 10.0. The summed E-state index contributed by atoms with van der Waals surface area (Å²) in [5.74, 6) is 2.18. The van der Waals surface area contributed by atoms with Gasteiger partial charge in [-0.3, -0.25) is 0 Å². The molecular formula is C18H17N5O2. The van der Waals surface area contributed by atoms with Gasteiger partial charge in [-0.05, 0) is 46.3 Å². The highest BCUT2D eigenvalue weighted by Gasteiger charge is 2.24. The largest absolute Gasteiger partial charge is 0.497 e. The molecule has 0 spiro atoms. The van der Waals surface area contributed by atoms with Crippen molar-refractivity contribution in [1.82, 2.24) is 20.2 Å². The molecule has 126 valence electrons. The van der Waals surface area contributed by atoms with Crippen molar-refractivity contribution in [3.8, 4) is 11.5 Å². The van der Waals surface area contributed by atoms with Crippen LogP contribution in [0.5, 0.6) is 11.5 Å². The van der Waals surface area contributed by atoms with E-state index in [0.29, 0.717) is 5.95 Å². The van der Waals surface area contributed by atoms with Crippen molar-refractivity contribution in [3.05, 3.63) is 65.7 Å². The Balaban J connectivity index is 1.80. The first-order chi connectivity index (χ1) is 12.3. The molecule has 2 aromatic carbocycles. The van der Waals surface area contributed by atoms with E-state index in [1.807, 2.05) is 48.5 Å². The third kappa shape index (κ3) is 2.80. The average Bonchev–Trinajstić information content (AvgIpc) is 3.16. The quantitative estimate of drug-likeness (QED) is 0.790. The molecule has 7 nitrogen and oxygen atoms in total. The van der Waals surface area contributed by atoms with E-state index in [4.69, 9.17) is 9.47 Å². The number of aromatic nitrogens is 4. The first kappa shape index (κ1) is 15.2. The molecule has 2 heterocycles. The Labute approximate surface area is 144 Å². The summed E-state index contributed by atoms with van der Waals surface area (Å²) in [5.41, 5.74) is 2.96. The van der Waals surface area contributed by atoms with Gasteiger partial charge in [0.1, 0.15) is 17.5 Å². The molecule has 0 amide bonds. The molecule has 1 unspecified atom stereocenters. The van der Waals surface area contributed by atoms with Gasteiger partial charge in [-0.25, -0.2) is 0 Å². The van der Waals surface area contributed by atoms with Crippen molar-refractivity contribution < 1.29 is 9.47 Å². The van der Waals surface area contributed by atoms with Crippen molar-refractivity contribution in [2.45, 2.75) is 6.04 Å². The third-order valence-corrected chi connectivity index (χ3v) is 4.14. The maximum atomic E-state index is 5.34. The molecule has 0 radical (unpaired) electrons. The molecule has 1 aromatic heterocycles. The lowest BCUT2D eigenvalue weighted by Gasteiger charge is -2.24. The predicted octanol–water partition coefficient (Wildman–Crippen LogP) is 2.75. The van der Waals surface area contributed by atoms with E-state index in [-0.39, 0.29) is 6.04 Å². The Morgan fingerprint density at radius 3 is 2.56 bits per heavy atom. The van der Waals surface area contributed by atoms with Gasteiger partial charge in [0.15, 0.2) is 0 Å². The molecular weight excluding hydrogens is 318 g/mol. The second-order valence-electron chi connectivity index (χ2n) is 5.61. The van der Waals surface area contributed by atoms with Crippen LogP contribution in [0, 0.1) is 0 Å². The van der Waals surface area contributed by atoms with E-state index in [9.17, 15) is 0 Å².